The molecule has 0 spiro atoms. The van der Waals surface area contributed by atoms with Crippen LogP contribution in [0.4, 0.5) is 0 Å². The van der Waals surface area contributed by atoms with Crippen LogP contribution in [0.2, 0.25) is 5.02 Å². The number of piperidine rings is 1. The van der Waals surface area contributed by atoms with Gasteiger partial charge in [0, 0.05) is 18.1 Å². The van der Waals surface area contributed by atoms with Gasteiger partial charge in [0.2, 0.25) is 0 Å². The maximum absolute atomic E-state index is 10.8. The Bertz CT molecular complexity index is 396. The first-order valence-electron chi connectivity index (χ1n) is 7.85. The Kier molecular flexibility index (Phi) is 5.88. The molecule has 1 aromatic rings. The summed E-state index contributed by atoms with van der Waals surface area (Å²) in [7, 11) is 0. The molecule has 1 N–H and O–H groups in total. The van der Waals surface area contributed by atoms with E-state index >= 15 is 0 Å². The normalized spacial score (nSPS) is 19.1. The minimum Gasteiger partial charge on any atom is -0.385 e. The third-order valence-electron chi connectivity index (χ3n) is 4.39. The van der Waals surface area contributed by atoms with Gasteiger partial charge in [-0.3, -0.25) is 0 Å². The monoisotopic (exact) mass is 295 g/mol. The smallest absolute Gasteiger partial charge is 0.0920 e. The first-order chi connectivity index (χ1) is 9.64. The summed E-state index contributed by atoms with van der Waals surface area (Å²) < 4.78 is 0. The Hall–Kier alpha value is -0.570. The van der Waals surface area contributed by atoms with Crippen molar-refractivity contribution in [3.05, 3.63) is 34.9 Å². The lowest BCUT2D eigenvalue weighted by Gasteiger charge is -2.38. The van der Waals surface area contributed by atoms with Crippen LogP contribution in [-0.4, -0.2) is 29.6 Å². The molecule has 0 unspecified atom stereocenters. The van der Waals surface area contributed by atoms with Crippen LogP contribution in [0.3, 0.4) is 0 Å². The molecule has 3 heteroatoms. The fourth-order valence-electron chi connectivity index (χ4n) is 2.96. The summed E-state index contributed by atoms with van der Waals surface area (Å²) in [4.78, 5) is 2.49. The number of likely N-dealkylation sites (tertiary alicyclic amines) is 1. The zero-order valence-corrected chi connectivity index (χ0v) is 13.2. The van der Waals surface area contributed by atoms with Crippen LogP contribution in [0.25, 0.3) is 0 Å². The van der Waals surface area contributed by atoms with Gasteiger partial charge in [0.15, 0.2) is 0 Å². The molecule has 20 heavy (non-hydrogen) atoms. The van der Waals surface area contributed by atoms with Crippen molar-refractivity contribution >= 4 is 11.6 Å². The Morgan fingerprint density at radius 2 is 1.75 bits per heavy atom. The van der Waals surface area contributed by atoms with Crippen LogP contribution in [0.15, 0.2) is 24.3 Å². The number of nitrogens with zero attached hydrogens (tertiary/aromatic N) is 1. The average molecular weight is 296 g/mol. The van der Waals surface area contributed by atoms with E-state index < -0.39 is 5.60 Å². The van der Waals surface area contributed by atoms with Crippen LogP contribution in [0, 0.1) is 0 Å². The second kappa shape index (κ2) is 7.44. The molecule has 0 bridgehead atoms. The molecule has 1 fully saturated rings. The van der Waals surface area contributed by atoms with E-state index in [1.807, 2.05) is 24.3 Å². The molecule has 1 aliphatic heterocycles. The lowest BCUT2D eigenvalue weighted by atomic mass is 9.84. The number of rotatable bonds is 6. The molecule has 1 aliphatic rings. The van der Waals surface area contributed by atoms with Crippen molar-refractivity contribution in [2.75, 3.05) is 19.6 Å². The summed E-state index contributed by atoms with van der Waals surface area (Å²) in [5, 5.41) is 11.5. The number of benzene rings is 1. The third-order valence-corrected chi connectivity index (χ3v) is 4.64. The van der Waals surface area contributed by atoms with Gasteiger partial charge >= 0.3 is 0 Å². The van der Waals surface area contributed by atoms with Crippen LogP contribution in [0.5, 0.6) is 0 Å². The van der Waals surface area contributed by atoms with Gasteiger partial charge in [-0.1, -0.05) is 49.9 Å². The second-order valence-electron chi connectivity index (χ2n) is 5.94. The first-order valence-corrected chi connectivity index (χ1v) is 8.22. The predicted molar refractivity (Wildman–Crippen MR) is 85.2 cm³/mol. The second-order valence-corrected chi connectivity index (χ2v) is 6.38. The average Bonchev–Trinajstić information content (AvgIpc) is 2.46. The highest BCUT2D eigenvalue weighted by Gasteiger charge is 2.33. The maximum Gasteiger partial charge on any atom is 0.0920 e. The quantitative estimate of drug-likeness (QED) is 0.795. The van der Waals surface area contributed by atoms with E-state index in [-0.39, 0.29) is 0 Å². The molecular formula is C17H26ClNO. The number of unbranched alkanes of at least 4 members (excludes halogenated alkanes) is 3. The topological polar surface area (TPSA) is 23.5 Å². The van der Waals surface area contributed by atoms with Crippen molar-refractivity contribution in [3.8, 4) is 0 Å². The molecule has 112 valence electrons. The van der Waals surface area contributed by atoms with Gasteiger partial charge in [-0.25, -0.2) is 0 Å². The highest BCUT2D eigenvalue weighted by molar-refractivity contribution is 6.30. The minimum absolute atomic E-state index is 0.662. The zero-order chi connectivity index (χ0) is 14.4. The summed E-state index contributed by atoms with van der Waals surface area (Å²) >= 11 is 5.91. The Morgan fingerprint density at radius 3 is 2.35 bits per heavy atom. The fourth-order valence-corrected chi connectivity index (χ4v) is 3.08. The molecule has 1 heterocycles. The number of hydrogen-bond donors (Lipinski definition) is 1. The molecular weight excluding hydrogens is 270 g/mol. The lowest BCUT2D eigenvalue weighted by Crippen LogP contribution is -2.42. The standard InChI is InChI=1S/C17H26ClNO/c1-2-3-4-5-12-19-13-10-17(20,11-14-19)15-6-8-16(18)9-7-15/h6-9,20H,2-5,10-14H2,1H3. The highest BCUT2D eigenvalue weighted by atomic mass is 35.5. The number of aliphatic hydroxyl groups is 1. The van der Waals surface area contributed by atoms with Gasteiger partial charge in [-0.2, -0.15) is 0 Å². The van der Waals surface area contributed by atoms with E-state index in [1.54, 1.807) is 0 Å². The molecule has 0 radical (unpaired) electrons. The van der Waals surface area contributed by atoms with Crippen molar-refractivity contribution in [2.45, 2.75) is 51.0 Å². The van der Waals surface area contributed by atoms with Crippen LogP contribution in [0.1, 0.15) is 51.0 Å². The largest absolute Gasteiger partial charge is 0.385 e. The van der Waals surface area contributed by atoms with E-state index in [0.717, 1.165) is 36.5 Å². The summed E-state index contributed by atoms with van der Waals surface area (Å²) in [5.74, 6) is 0. The first kappa shape index (κ1) is 15.8. The Morgan fingerprint density at radius 1 is 1.10 bits per heavy atom. The van der Waals surface area contributed by atoms with Crippen LogP contribution >= 0.6 is 11.6 Å². The summed E-state index contributed by atoms with van der Waals surface area (Å²) in [6.45, 7) is 5.40. The van der Waals surface area contributed by atoms with Gasteiger partial charge in [0.25, 0.3) is 0 Å². The van der Waals surface area contributed by atoms with Crippen molar-refractivity contribution in [1.29, 1.82) is 0 Å². The molecule has 0 amide bonds. The molecule has 0 aliphatic carbocycles. The number of hydrogen-bond acceptors (Lipinski definition) is 2. The SMILES string of the molecule is CCCCCCN1CCC(O)(c2ccc(Cl)cc2)CC1. The van der Waals surface area contributed by atoms with Gasteiger partial charge < -0.3 is 10.0 Å². The van der Waals surface area contributed by atoms with Gasteiger partial charge in [0.1, 0.15) is 0 Å². The van der Waals surface area contributed by atoms with Crippen molar-refractivity contribution < 1.29 is 5.11 Å². The lowest BCUT2D eigenvalue weighted by molar-refractivity contribution is -0.0261. The summed E-state index contributed by atoms with van der Waals surface area (Å²) in [5.41, 5.74) is 0.345. The van der Waals surface area contributed by atoms with E-state index in [0.29, 0.717) is 0 Å². The van der Waals surface area contributed by atoms with Crippen LogP contribution in [-0.2, 0) is 5.60 Å². The fraction of sp³-hybridized carbons (Fsp3) is 0.647. The van der Waals surface area contributed by atoms with Gasteiger partial charge in [-0.15, -0.1) is 0 Å². The molecule has 2 nitrogen and oxygen atoms in total. The van der Waals surface area contributed by atoms with E-state index in [9.17, 15) is 5.11 Å². The minimum atomic E-state index is -0.662. The molecule has 0 saturated carbocycles. The predicted octanol–water partition coefficient (Wildman–Crippen LogP) is 4.20. The number of halogens is 1. The highest BCUT2D eigenvalue weighted by Crippen LogP contribution is 2.33. The van der Waals surface area contributed by atoms with Crippen molar-refractivity contribution in [1.82, 2.24) is 4.90 Å². The molecule has 1 saturated heterocycles. The van der Waals surface area contributed by atoms with E-state index in [4.69, 9.17) is 11.6 Å². The van der Waals surface area contributed by atoms with Gasteiger partial charge in [-0.05, 0) is 43.5 Å². The summed E-state index contributed by atoms with van der Waals surface area (Å²) in [6, 6.07) is 7.65. The van der Waals surface area contributed by atoms with Gasteiger partial charge in [0.05, 0.1) is 5.60 Å². The third kappa shape index (κ3) is 4.21. The zero-order valence-electron chi connectivity index (χ0n) is 12.4. The van der Waals surface area contributed by atoms with E-state index in [1.165, 1.54) is 32.2 Å². The van der Waals surface area contributed by atoms with E-state index in [2.05, 4.69) is 11.8 Å². The van der Waals surface area contributed by atoms with Crippen molar-refractivity contribution in [3.63, 3.8) is 0 Å². The molecule has 2 rings (SSSR count). The van der Waals surface area contributed by atoms with Crippen molar-refractivity contribution in [2.24, 2.45) is 0 Å². The Labute approximate surface area is 127 Å². The van der Waals surface area contributed by atoms with Crippen LogP contribution < -0.4 is 0 Å². The molecule has 1 aromatic carbocycles. The Balaban J connectivity index is 1.82. The molecule has 0 atom stereocenters. The molecule has 0 aromatic heterocycles. The summed E-state index contributed by atoms with van der Waals surface area (Å²) in [6.07, 6.45) is 6.88. The maximum atomic E-state index is 10.8.